The van der Waals surface area contributed by atoms with E-state index in [-0.39, 0.29) is 42.3 Å². The third kappa shape index (κ3) is 198. The minimum atomic E-state index is -0.647. The Balaban J connectivity index is -0.0000000257. The van der Waals surface area contributed by atoms with Crippen molar-refractivity contribution in [2.75, 3.05) is 69.5 Å². The number of hydrogen-bond acceptors (Lipinski definition) is 24. The third-order valence-corrected chi connectivity index (χ3v) is 8.25. The summed E-state index contributed by atoms with van der Waals surface area (Å²) in [5, 5.41) is 10.9. The van der Waals surface area contributed by atoms with Crippen molar-refractivity contribution in [2.24, 2.45) is 46.1 Å². The van der Waals surface area contributed by atoms with Crippen molar-refractivity contribution in [1.82, 2.24) is 33.6 Å². The van der Waals surface area contributed by atoms with Gasteiger partial charge in [-0.25, -0.2) is 0 Å². The zero-order chi connectivity index (χ0) is 82.6. The highest BCUT2D eigenvalue weighted by Crippen LogP contribution is 2.12. The summed E-state index contributed by atoms with van der Waals surface area (Å²) >= 11 is 0. The van der Waals surface area contributed by atoms with Crippen LogP contribution in [0.15, 0.2) is 91.0 Å². The number of nitrogens with zero attached hydrogens (tertiary/aromatic N) is 2. The quantitative estimate of drug-likeness (QED) is 0.0948. The standard InChI is InChI=1S/C20H29N3O3.2C8H10.C5H12.C3H8O.5C2H6.7CH5N.10CH2O.3H3N/c1-15(20(26)23-12-8-5-9-13-23)21-19(25)18(22(3)16(2)24)14-17-10-6-4-7-11-17;2*1-2-8-6-4-3-5-7-8;1-4-5(2)3;1-3(2)4;22*1-2;;;/h4,6-7,10-11,15,18H,5,8-9,12-14H2,1-3H3,(H,21,25);2*3-7H,2H2,1H3;5H,4H2,1-3H3;3-4H,1-2H3;5*1-2H3;7*2H2,1H3;10*1H2;3*1H3/t15-,18-;;;;;;;;;;;;;;;;;;;;;;;;;;;;;/m0............................./s1. The van der Waals surface area contributed by atoms with E-state index < -0.39 is 12.1 Å². The topological polar surface area (TPSA) is 548 Å². The third-order valence-electron chi connectivity index (χ3n) is 8.25. The van der Waals surface area contributed by atoms with E-state index in [1.165, 1.54) is 78.7 Å². The molecule has 0 bridgehead atoms. The zero-order valence-corrected chi connectivity index (χ0v) is 67.7. The fourth-order valence-electron chi connectivity index (χ4n) is 4.65. The molecule has 3 amide bonds. The number of nitrogens with two attached hydrogens (primary N) is 7. The van der Waals surface area contributed by atoms with Gasteiger partial charge in [0.25, 0.3) is 0 Å². The lowest BCUT2D eigenvalue weighted by Crippen LogP contribution is -2.54. The molecule has 98 heavy (non-hydrogen) atoms. The van der Waals surface area contributed by atoms with Gasteiger partial charge in [-0.15, -0.1) is 0 Å². The van der Waals surface area contributed by atoms with Gasteiger partial charge in [-0.2, -0.15) is 0 Å². The van der Waals surface area contributed by atoms with E-state index in [4.69, 9.17) is 53.1 Å². The Labute approximate surface area is 602 Å². The van der Waals surface area contributed by atoms with Gasteiger partial charge in [0.15, 0.2) is 0 Å². The molecule has 2 atom stereocenters. The summed E-state index contributed by atoms with van der Waals surface area (Å²) < 4.78 is 0. The Morgan fingerprint density at radius 3 is 0.786 bits per heavy atom. The van der Waals surface area contributed by atoms with Gasteiger partial charge in [0.1, 0.15) is 80.0 Å². The number of aliphatic hydroxyl groups excluding tert-OH is 1. The summed E-state index contributed by atoms with van der Waals surface area (Å²) in [5.74, 6) is 0.345. The molecule has 0 aromatic heterocycles. The molecule has 3 aromatic carbocycles. The molecule has 596 valence electrons. The van der Waals surface area contributed by atoms with Crippen LogP contribution in [0, 0.1) is 5.92 Å². The number of amides is 3. The maximum absolute atomic E-state index is 12.8. The highest BCUT2D eigenvalue weighted by atomic mass is 16.3. The van der Waals surface area contributed by atoms with E-state index in [0.717, 1.165) is 56.7 Å². The van der Waals surface area contributed by atoms with Crippen LogP contribution in [-0.4, -0.2) is 188 Å². The summed E-state index contributed by atoms with van der Waals surface area (Å²) in [4.78, 5) is 120. The highest BCUT2D eigenvalue weighted by Gasteiger charge is 2.29. The van der Waals surface area contributed by atoms with E-state index in [1.54, 1.807) is 27.8 Å². The van der Waals surface area contributed by atoms with E-state index >= 15 is 0 Å². The van der Waals surface area contributed by atoms with Crippen molar-refractivity contribution >= 4 is 85.6 Å². The van der Waals surface area contributed by atoms with Crippen LogP contribution in [0.25, 0.3) is 0 Å². The van der Waals surface area contributed by atoms with Crippen molar-refractivity contribution in [3.63, 3.8) is 0 Å². The minimum Gasteiger partial charge on any atom is -0.394 e. The van der Waals surface area contributed by atoms with Crippen LogP contribution in [0.4, 0.5) is 0 Å². The average Bonchev–Trinajstić information content (AvgIpc) is 0.974. The molecular formula is C71H163N13O14. The Morgan fingerprint density at radius 1 is 0.429 bits per heavy atom. The van der Waals surface area contributed by atoms with Crippen molar-refractivity contribution in [3.05, 3.63) is 108 Å². The van der Waals surface area contributed by atoms with Gasteiger partial charge in [0.05, 0.1) is 0 Å². The summed E-state index contributed by atoms with van der Waals surface area (Å²) in [6.07, 6.45) is 6.99. The number of likely N-dealkylation sites (N-methyl/N-ethyl adjacent to an activating group) is 1. The maximum Gasteiger partial charge on any atom is 0.244 e. The molecule has 1 aliphatic rings. The first kappa shape index (κ1) is 174. The van der Waals surface area contributed by atoms with E-state index in [9.17, 15) is 14.4 Å². The second kappa shape index (κ2) is 245. The lowest BCUT2D eigenvalue weighted by molar-refractivity contribution is -0.140. The molecule has 1 heterocycles. The number of carbonyl (C=O) groups is 13. The molecule has 3 aromatic rings. The number of carbonyl (C=O) groups excluding carboxylic acids is 13. The van der Waals surface area contributed by atoms with Gasteiger partial charge >= 0.3 is 0 Å². The number of likely N-dealkylation sites (tertiary alicyclic amines) is 1. The van der Waals surface area contributed by atoms with Crippen LogP contribution in [0.5, 0.6) is 0 Å². The summed E-state index contributed by atoms with van der Waals surface area (Å²) in [6.45, 7) is 59.1. The van der Waals surface area contributed by atoms with E-state index in [0.29, 0.717) is 6.42 Å². The molecule has 0 spiro atoms. The van der Waals surface area contributed by atoms with Gasteiger partial charge in [-0.05, 0) is 125 Å². The first-order valence-electron chi connectivity index (χ1n) is 30.8. The monoisotopic (exact) mass is 1420 g/mol. The van der Waals surface area contributed by atoms with Crippen molar-refractivity contribution in [3.8, 4) is 0 Å². The van der Waals surface area contributed by atoms with Gasteiger partial charge in [0, 0.05) is 39.6 Å². The fraction of sp³-hybridized carbons (Fsp3) is 0.563. The normalized spacial score (nSPS) is 7.87. The minimum absolute atomic E-state index is 0. The number of nitrogens with one attached hydrogen (secondary N) is 1. The second-order valence-electron chi connectivity index (χ2n) is 13.5. The predicted octanol–water partition coefficient (Wildman–Crippen LogP) is 9.32. The highest BCUT2D eigenvalue weighted by molar-refractivity contribution is 5.91. The molecular weight excluding hydrogens is 1260 g/mol. The molecule has 1 aliphatic heterocycles. The van der Waals surface area contributed by atoms with Crippen LogP contribution >= 0.6 is 0 Å². The van der Waals surface area contributed by atoms with Gasteiger partial charge in [-0.1, -0.05) is 201 Å². The first-order chi connectivity index (χ1) is 46.3. The van der Waals surface area contributed by atoms with E-state index in [2.05, 4.69) is 129 Å². The molecule has 27 nitrogen and oxygen atoms in total. The SMILES string of the molecule is C=O.C=O.C=O.C=O.C=O.C=O.C=O.C=O.C=O.C=O.CC.CC.CC.CC.CC.CC(=O)N(C)[C@@H](Cc1ccccc1)C(=O)N[C@@H](C)C(=O)N1CCCCC1.CC(C)O.CCC(C)C.CCc1ccccc1.CCc1ccccc1.CN.CN.CN.CN.CN.CN.CN.N.N.N. The Kier molecular flexibility index (Phi) is 436. The van der Waals surface area contributed by atoms with Crippen molar-refractivity contribution < 1.29 is 67.4 Å². The molecule has 0 unspecified atom stereocenters. The largest absolute Gasteiger partial charge is 0.394 e. The summed E-state index contributed by atoms with van der Waals surface area (Å²) in [7, 11) is 12.1. The Morgan fingerprint density at radius 2 is 0.622 bits per heavy atom. The number of hydrogen-bond donors (Lipinski definition) is 12. The van der Waals surface area contributed by atoms with Crippen molar-refractivity contribution in [2.45, 2.75) is 195 Å². The van der Waals surface area contributed by atoms with Gasteiger partial charge in [-0.3, -0.25) is 14.4 Å². The van der Waals surface area contributed by atoms with E-state index in [1.807, 2.05) is 184 Å². The molecule has 25 N–H and O–H groups in total. The predicted molar refractivity (Wildman–Crippen MR) is 428 cm³/mol. The van der Waals surface area contributed by atoms with Crippen molar-refractivity contribution in [1.29, 1.82) is 0 Å². The molecule has 27 heteroatoms. The molecule has 1 fully saturated rings. The van der Waals surface area contributed by atoms with Crippen LogP contribution in [-0.2, 0) is 81.6 Å². The average molecular weight is 1420 g/mol. The fourth-order valence-corrected chi connectivity index (χ4v) is 4.65. The first-order valence-corrected chi connectivity index (χ1v) is 30.8. The van der Waals surface area contributed by atoms with Gasteiger partial charge < -0.3 is 127 Å². The van der Waals surface area contributed by atoms with Crippen LogP contribution in [0.2, 0.25) is 0 Å². The smallest absolute Gasteiger partial charge is 0.244 e. The number of aryl methyl sites for hydroxylation is 2. The summed E-state index contributed by atoms with van der Waals surface area (Å²) in [6, 6.07) is 29.2. The number of benzene rings is 3. The zero-order valence-electron chi connectivity index (χ0n) is 67.7. The second-order valence-corrected chi connectivity index (χ2v) is 13.5. The maximum atomic E-state index is 12.8. The van der Waals surface area contributed by atoms with Gasteiger partial charge in [0.2, 0.25) is 17.7 Å². The van der Waals surface area contributed by atoms with Crippen LogP contribution in [0.3, 0.4) is 0 Å². The molecule has 0 radical (unpaired) electrons. The lowest BCUT2D eigenvalue weighted by atomic mass is 10.0. The Hall–Kier alpha value is -7.67. The van der Waals surface area contributed by atoms with Crippen LogP contribution in [0.1, 0.15) is 174 Å². The molecule has 0 saturated carbocycles. The number of rotatable bonds is 9. The molecule has 4 rings (SSSR count). The van der Waals surface area contributed by atoms with Crippen LogP contribution < -0.4 is 63.9 Å². The molecule has 1 saturated heterocycles. The summed E-state index contributed by atoms with van der Waals surface area (Å²) in [5.41, 5.74) is 35.3. The number of piperidine rings is 1. The number of aliphatic hydroxyl groups is 1. The Bertz CT molecular complexity index is 1460. The molecule has 0 aliphatic carbocycles. The lowest BCUT2D eigenvalue weighted by Gasteiger charge is -2.31.